The summed E-state index contributed by atoms with van der Waals surface area (Å²) in [5.41, 5.74) is -1.08. The second-order valence-corrected chi connectivity index (χ2v) is 9.21. The van der Waals surface area contributed by atoms with E-state index in [-0.39, 0.29) is 49.7 Å². The number of halogens is 7. The molecule has 1 aromatic carbocycles. The van der Waals surface area contributed by atoms with E-state index in [4.69, 9.17) is 0 Å². The third-order valence-electron chi connectivity index (χ3n) is 5.87. The summed E-state index contributed by atoms with van der Waals surface area (Å²) < 4.78 is 96.5. The third-order valence-corrected chi connectivity index (χ3v) is 5.87. The maximum atomic E-state index is 14.9. The molecule has 2 N–H and O–H groups in total. The number of H-pyrrole nitrogens is 1. The minimum absolute atomic E-state index is 0.0846. The van der Waals surface area contributed by atoms with Crippen molar-refractivity contribution >= 4 is 11.8 Å². The molecule has 0 aliphatic rings. The summed E-state index contributed by atoms with van der Waals surface area (Å²) in [7, 11) is 0. The molecule has 0 aliphatic heterocycles. The number of amides is 2. The van der Waals surface area contributed by atoms with Gasteiger partial charge in [0.1, 0.15) is 11.9 Å². The minimum atomic E-state index is -4.88. The van der Waals surface area contributed by atoms with Crippen molar-refractivity contribution in [3.8, 4) is 5.75 Å². The van der Waals surface area contributed by atoms with Crippen molar-refractivity contribution in [3.05, 3.63) is 83.2 Å². The van der Waals surface area contributed by atoms with Crippen LogP contribution < -0.4 is 10.1 Å². The fourth-order valence-electron chi connectivity index (χ4n) is 3.86. The monoisotopic (exact) mass is 629 g/mol. The molecule has 3 aromatic heterocycles. The van der Waals surface area contributed by atoms with Gasteiger partial charge in [0.25, 0.3) is 11.8 Å². The largest absolute Gasteiger partial charge is 0.573 e. The standard InChI is InChI=1S/C25H22F7N9O3/c26-17(5-7-40(23(43)20-11-35-38-36-20)13-18-9-16(4-6-33-18)24(27,28)29)12-41-14-21(37-39-41)22(42)34-10-15-2-1-3-19(8-15)44-25(30,31)32/h1-4,6,8-9,11,14,17H,5,7,10,12-13H2,(H,34,42)(H,35,36,38). The Morgan fingerprint density at radius 3 is 2.57 bits per heavy atom. The van der Waals surface area contributed by atoms with Crippen LogP contribution in [0.4, 0.5) is 30.7 Å². The lowest BCUT2D eigenvalue weighted by atomic mass is 10.2. The molecule has 4 rings (SSSR count). The zero-order chi connectivity index (χ0) is 31.9. The van der Waals surface area contributed by atoms with Crippen LogP contribution in [0.2, 0.25) is 0 Å². The average molecular weight is 629 g/mol. The van der Waals surface area contributed by atoms with Crippen LogP contribution in [0.3, 0.4) is 0 Å². The van der Waals surface area contributed by atoms with Gasteiger partial charge in [-0.3, -0.25) is 19.7 Å². The topological polar surface area (TPSA) is 144 Å². The number of pyridine rings is 1. The Morgan fingerprint density at radius 1 is 1.07 bits per heavy atom. The first-order valence-corrected chi connectivity index (χ1v) is 12.6. The molecule has 19 heteroatoms. The molecule has 44 heavy (non-hydrogen) atoms. The number of alkyl halides is 7. The van der Waals surface area contributed by atoms with Gasteiger partial charge in [-0.15, -0.1) is 23.4 Å². The second-order valence-electron chi connectivity index (χ2n) is 9.21. The molecular formula is C25H22F7N9O3. The molecule has 0 bridgehead atoms. The molecule has 0 spiro atoms. The van der Waals surface area contributed by atoms with Gasteiger partial charge >= 0.3 is 12.5 Å². The third kappa shape index (κ3) is 9.20. The molecule has 234 valence electrons. The maximum absolute atomic E-state index is 14.9. The highest BCUT2D eigenvalue weighted by molar-refractivity contribution is 5.92. The highest BCUT2D eigenvalue weighted by atomic mass is 19.4. The van der Waals surface area contributed by atoms with Crippen LogP contribution in [0, 0.1) is 0 Å². The van der Waals surface area contributed by atoms with Crippen molar-refractivity contribution in [1.82, 2.24) is 45.6 Å². The van der Waals surface area contributed by atoms with Crippen LogP contribution in [0.1, 0.15) is 44.2 Å². The summed E-state index contributed by atoms with van der Waals surface area (Å²) in [4.78, 5) is 30.3. The summed E-state index contributed by atoms with van der Waals surface area (Å²) in [6.45, 7) is -1.17. The number of ether oxygens (including phenoxy) is 1. The van der Waals surface area contributed by atoms with Gasteiger partial charge in [-0.05, 0) is 36.2 Å². The number of benzene rings is 1. The SMILES string of the molecule is O=C(NCc1cccc(OC(F)(F)F)c1)c1cn(CC(F)CCN(Cc2cc(C(F)(F)F)ccn2)C(=O)c2c[nH]nn2)nn1. The van der Waals surface area contributed by atoms with Crippen LogP contribution in [0.25, 0.3) is 0 Å². The number of nitrogens with one attached hydrogen (secondary N) is 2. The summed E-state index contributed by atoms with van der Waals surface area (Å²) in [6.07, 6.45) is -8.14. The molecule has 3 heterocycles. The number of carbonyl (C=O) groups is 2. The number of nitrogens with zero attached hydrogens (tertiary/aromatic N) is 7. The van der Waals surface area contributed by atoms with Crippen LogP contribution >= 0.6 is 0 Å². The van der Waals surface area contributed by atoms with Crippen LogP contribution in [-0.4, -0.2) is 71.2 Å². The van der Waals surface area contributed by atoms with Gasteiger partial charge in [0.05, 0.1) is 36.7 Å². The van der Waals surface area contributed by atoms with Crippen molar-refractivity contribution < 1.29 is 45.1 Å². The zero-order valence-electron chi connectivity index (χ0n) is 22.3. The fourth-order valence-corrected chi connectivity index (χ4v) is 3.86. The summed E-state index contributed by atoms with van der Waals surface area (Å²) in [5, 5.41) is 19.2. The van der Waals surface area contributed by atoms with Gasteiger partial charge in [-0.2, -0.15) is 13.2 Å². The molecule has 12 nitrogen and oxygen atoms in total. The first-order chi connectivity index (χ1) is 20.8. The Bertz CT molecular complexity index is 1560. The number of carbonyl (C=O) groups excluding carboxylic acids is 2. The lowest BCUT2D eigenvalue weighted by Gasteiger charge is -2.22. The Labute approximate surface area is 243 Å². The van der Waals surface area contributed by atoms with Gasteiger partial charge in [-0.25, -0.2) is 9.07 Å². The normalized spacial score (nSPS) is 12.5. The van der Waals surface area contributed by atoms with E-state index < -0.39 is 41.8 Å². The second kappa shape index (κ2) is 13.5. The molecule has 1 atom stereocenters. The van der Waals surface area contributed by atoms with E-state index in [1.807, 2.05) is 0 Å². The Kier molecular flexibility index (Phi) is 9.74. The van der Waals surface area contributed by atoms with E-state index in [1.54, 1.807) is 0 Å². The summed E-state index contributed by atoms with van der Waals surface area (Å²) >= 11 is 0. The average Bonchev–Trinajstić information content (AvgIpc) is 3.66. The first-order valence-electron chi connectivity index (χ1n) is 12.6. The highest BCUT2D eigenvalue weighted by Crippen LogP contribution is 2.29. The number of aromatic amines is 1. The molecular weight excluding hydrogens is 607 g/mol. The van der Waals surface area contributed by atoms with E-state index in [0.717, 1.165) is 46.2 Å². The molecule has 1 unspecified atom stereocenters. The van der Waals surface area contributed by atoms with Crippen molar-refractivity contribution in [1.29, 1.82) is 0 Å². The van der Waals surface area contributed by atoms with E-state index in [2.05, 4.69) is 40.8 Å². The van der Waals surface area contributed by atoms with E-state index >= 15 is 0 Å². The van der Waals surface area contributed by atoms with Crippen molar-refractivity contribution in [2.45, 2.75) is 44.8 Å². The Morgan fingerprint density at radius 2 is 1.86 bits per heavy atom. The lowest BCUT2D eigenvalue weighted by molar-refractivity contribution is -0.274. The molecule has 0 saturated carbocycles. The molecule has 0 aliphatic carbocycles. The highest BCUT2D eigenvalue weighted by Gasteiger charge is 2.32. The van der Waals surface area contributed by atoms with E-state index in [0.29, 0.717) is 5.56 Å². The Balaban J connectivity index is 1.33. The molecule has 2 amide bonds. The van der Waals surface area contributed by atoms with Gasteiger partial charge < -0.3 is 15.0 Å². The van der Waals surface area contributed by atoms with Gasteiger partial charge in [0, 0.05) is 19.3 Å². The summed E-state index contributed by atoms with van der Waals surface area (Å²) in [6, 6.07) is 6.54. The predicted octanol–water partition coefficient (Wildman–Crippen LogP) is 3.71. The van der Waals surface area contributed by atoms with Crippen LogP contribution in [-0.2, 0) is 25.8 Å². The van der Waals surface area contributed by atoms with Crippen molar-refractivity contribution in [3.63, 3.8) is 0 Å². The zero-order valence-corrected chi connectivity index (χ0v) is 22.3. The quantitative estimate of drug-likeness (QED) is 0.226. The number of hydrogen-bond acceptors (Lipinski definition) is 8. The van der Waals surface area contributed by atoms with Crippen molar-refractivity contribution in [2.75, 3.05) is 6.54 Å². The number of aromatic nitrogens is 7. The van der Waals surface area contributed by atoms with Gasteiger partial charge in [-0.1, -0.05) is 22.6 Å². The Hall–Kier alpha value is -5.10. The molecule has 4 aromatic rings. The predicted molar refractivity (Wildman–Crippen MR) is 134 cm³/mol. The molecule has 0 fully saturated rings. The van der Waals surface area contributed by atoms with Gasteiger partial charge in [0.15, 0.2) is 11.4 Å². The molecule has 0 saturated heterocycles. The maximum Gasteiger partial charge on any atom is 0.573 e. The van der Waals surface area contributed by atoms with Crippen molar-refractivity contribution in [2.24, 2.45) is 0 Å². The van der Waals surface area contributed by atoms with Gasteiger partial charge in [0.2, 0.25) is 0 Å². The molecule has 0 radical (unpaired) electrons. The van der Waals surface area contributed by atoms with E-state index in [9.17, 15) is 40.3 Å². The lowest BCUT2D eigenvalue weighted by Crippen LogP contribution is -2.34. The summed E-state index contributed by atoms with van der Waals surface area (Å²) in [5.74, 6) is -1.91. The first kappa shape index (κ1) is 31.8. The number of hydrogen-bond donors (Lipinski definition) is 2. The minimum Gasteiger partial charge on any atom is -0.406 e. The van der Waals surface area contributed by atoms with Crippen LogP contribution in [0.15, 0.2) is 55.0 Å². The smallest absolute Gasteiger partial charge is 0.406 e. The van der Waals surface area contributed by atoms with E-state index in [1.165, 1.54) is 18.3 Å². The number of rotatable bonds is 12. The van der Waals surface area contributed by atoms with Crippen LogP contribution in [0.5, 0.6) is 5.75 Å². The fraction of sp³-hybridized carbons (Fsp3) is 0.320.